The monoisotopic (exact) mass is 261 g/mol. The lowest BCUT2D eigenvalue weighted by Gasteiger charge is -2.45. The zero-order valence-electron chi connectivity index (χ0n) is 11.9. The molecular formula is C16H23NO2. The minimum Gasteiger partial charge on any atom is -0.459 e. The van der Waals surface area contributed by atoms with E-state index < -0.39 is 0 Å². The molecule has 19 heavy (non-hydrogen) atoms. The highest BCUT2D eigenvalue weighted by Crippen LogP contribution is 2.63. The number of carbonyl (C=O) groups is 1. The molecule has 6 atom stereocenters. The van der Waals surface area contributed by atoms with E-state index in [2.05, 4.69) is 11.8 Å². The molecular weight excluding hydrogens is 238 g/mol. The zero-order valence-corrected chi connectivity index (χ0v) is 11.9. The van der Waals surface area contributed by atoms with E-state index in [0.717, 1.165) is 31.6 Å². The molecule has 0 spiro atoms. The summed E-state index contributed by atoms with van der Waals surface area (Å²) >= 11 is 0. The first-order valence-electron chi connectivity index (χ1n) is 7.65. The van der Waals surface area contributed by atoms with E-state index in [9.17, 15) is 4.79 Å². The van der Waals surface area contributed by atoms with Crippen molar-refractivity contribution in [3.05, 3.63) is 11.4 Å². The highest BCUT2D eigenvalue weighted by atomic mass is 16.6. The molecule has 2 bridgehead atoms. The van der Waals surface area contributed by atoms with Gasteiger partial charge in [-0.1, -0.05) is 6.92 Å². The second kappa shape index (κ2) is 4.51. The van der Waals surface area contributed by atoms with E-state index in [-0.39, 0.29) is 17.6 Å². The molecule has 0 heterocycles. The highest BCUT2D eigenvalue weighted by molar-refractivity contribution is 5.66. The maximum Gasteiger partial charge on any atom is 0.303 e. The van der Waals surface area contributed by atoms with Crippen LogP contribution in [0.15, 0.2) is 0 Å². The summed E-state index contributed by atoms with van der Waals surface area (Å²) in [6, 6.07) is 0.255. The lowest BCUT2D eigenvalue weighted by molar-refractivity contribution is -0.169. The zero-order chi connectivity index (χ0) is 13.6. The maximum atomic E-state index is 11.4. The highest BCUT2D eigenvalue weighted by Gasteiger charge is 2.62. The van der Waals surface area contributed by atoms with Crippen LogP contribution in [0.5, 0.6) is 0 Å². The Balaban J connectivity index is 1.80. The molecule has 3 nitrogen and oxygen atoms in total. The van der Waals surface area contributed by atoms with Crippen molar-refractivity contribution in [3.8, 4) is 0 Å². The second-order valence-electron chi connectivity index (χ2n) is 6.74. The van der Waals surface area contributed by atoms with Crippen LogP contribution in [0.25, 0.3) is 4.85 Å². The van der Waals surface area contributed by atoms with Gasteiger partial charge in [0.25, 0.3) is 0 Å². The summed E-state index contributed by atoms with van der Waals surface area (Å²) in [5.41, 5.74) is -0.178. The third-order valence-electron chi connectivity index (χ3n) is 6.02. The van der Waals surface area contributed by atoms with E-state index in [1.54, 1.807) is 0 Å². The van der Waals surface area contributed by atoms with Gasteiger partial charge < -0.3 is 9.58 Å². The van der Waals surface area contributed by atoms with Crippen molar-refractivity contribution in [3.63, 3.8) is 0 Å². The largest absolute Gasteiger partial charge is 0.459 e. The van der Waals surface area contributed by atoms with Gasteiger partial charge in [-0.2, -0.15) is 0 Å². The maximum absolute atomic E-state index is 11.4. The molecule has 0 radical (unpaired) electrons. The van der Waals surface area contributed by atoms with Crippen LogP contribution < -0.4 is 0 Å². The van der Waals surface area contributed by atoms with Crippen molar-refractivity contribution in [1.82, 2.24) is 0 Å². The SMILES string of the molecule is [C-]#[N+]C1CCC2C(C1)C1CC2C(CC)(OC(C)=O)C1. The van der Waals surface area contributed by atoms with Crippen LogP contribution in [-0.4, -0.2) is 17.6 Å². The van der Waals surface area contributed by atoms with E-state index >= 15 is 0 Å². The molecule has 0 saturated heterocycles. The molecule has 0 aromatic heterocycles. The molecule has 0 amide bonds. The number of carbonyl (C=O) groups excluding carboxylic acids is 1. The Hall–Kier alpha value is -1.04. The number of nitrogens with zero attached hydrogens (tertiary/aromatic N) is 1. The summed E-state index contributed by atoms with van der Waals surface area (Å²) in [6.07, 6.45) is 6.52. The van der Waals surface area contributed by atoms with Gasteiger partial charge in [-0.25, -0.2) is 6.57 Å². The normalized spacial score (nSPS) is 47.5. The van der Waals surface area contributed by atoms with Crippen LogP contribution in [0, 0.1) is 30.2 Å². The van der Waals surface area contributed by atoms with Gasteiger partial charge in [0.1, 0.15) is 5.60 Å². The van der Waals surface area contributed by atoms with Crippen molar-refractivity contribution in [2.75, 3.05) is 0 Å². The first kappa shape index (κ1) is 13.0. The number of hydrogen-bond acceptors (Lipinski definition) is 2. The summed E-state index contributed by atoms with van der Waals surface area (Å²) in [5.74, 6) is 2.56. The van der Waals surface area contributed by atoms with Gasteiger partial charge in [-0.15, -0.1) is 0 Å². The van der Waals surface area contributed by atoms with Crippen LogP contribution in [0.1, 0.15) is 52.4 Å². The minimum atomic E-state index is -0.178. The van der Waals surface area contributed by atoms with E-state index in [0.29, 0.717) is 17.8 Å². The Morgan fingerprint density at radius 1 is 1.37 bits per heavy atom. The Morgan fingerprint density at radius 3 is 2.79 bits per heavy atom. The van der Waals surface area contributed by atoms with Gasteiger partial charge in [0.2, 0.25) is 6.04 Å². The Morgan fingerprint density at radius 2 is 2.16 bits per heavy atom. The molecule has 0 aliphatic heterocycles. The Bertz CT molecular complexity index is 427. The van der Waals surface area contributed by atoms with Crippen LogP contribution in [0.4, 0.5) is 0 Å². The second-order valence-corrected chi connectivity index (χ2v) is 6.74. The fourth-order valence-electron chi connectivity index (χ4n) is 5.36. The predicted molar refractivity (Wildman–Crippen MR) is 72.2 cm³/mol. The number of esters is 1. The lowest BCUT2D eigenvalue weighted by Crippen LogP contribution is -2.47. The Labute approximate surface area is 115 Å². The lowest BCUT2D eigenvalue weighted by atomic mass is 9.64. The minimum absolute atomic E-state index is 0.124. The fourth-order valence-corrected chi connectivity index (χ4v) is 5.36. The van der Waals surface area contributed by atoms with E-state index in [1.807, 2.05) is 0 Å². The quantitative estimate of drug-likeness (QED) is 0.563. The van der Waals surface area contributed by atoms with Crippen molar-refractivity contribution in [2.45, 2.75) is 64.0 Å². The summed E-state index contributed by atoms with van der Waals surface area (Å²) in [5, 5.41) is 0. The molecule has 0 aromatic carbocycles. The number of rotatable bonds is 2. The number of ether oxygens (including phenoxy) is 1. The molecule has 0 N–H and O–H groups in total. The average Bonchev–Trinajstić information content (AvgIpc) is 2.93. The van der Waals surface area contributed by atoms with Crippen LogP contribution in [-0.2, 0) is 9.53 Å². The number of hydrogen-bond donors (Lipinski definition) is 0. The average molecular weight is 261 g/mol. The van der Waals surface area contributed by atoms with Crippen LogP contribution in [0.2, 0.25) is 0 Å². The molecule has 3 aliphatic carbocycles. The predicted octanol–water partition coefficient (Wildman–Crippen LogP) is 3.44. The summed E-state index contributed by atoms with van der Waals surface area (Å²) in [4.78, 5) is 15.2. The van der Waals surface area contributed by atoms with Gasteiger partial charge in [0, 0.05) is 25.7 Å². The molecule has 3 rings (SSSR count). The Kier molecular flexibility index (Phi) is 3.08. The molecule has 3 saturated carbocycles. The van der Waals surface area contributed by atoms with E-state index in [4.69, 9.17) is 11.3 Å². The first-order valence-corrected chi connectivity index (χ1v) is 7.65. The third-order valence-corrected chi connectivity index (χ3v) is 6.02. The molecule has 3 fully saturated rings. The van der Waals surface area contributed by atoms with Gasteiger partial charge in [-0.05, 0) is 43.4 Å². The van der Waals surface area contributed by atoms with Crippen molar-refractivity contribution >= 4 is 5.97 Å². The summed E-state index contributed by atoms with van der Waals surface area (Å²) < 4.78 is 5.78. The van der Waals surface area contributed by atoms with Crippen molar-refractivity contribution in [2.24, 2.45) is 23.7 Å². The van der Waals surface area contributed by atoms with E-state index in [1.165, 1.54) is 19.8 Å². The van der Waals surface area contributed by atoms with Gasteiger partial charge in [-0.3, -0.25) is 4.79 Å². The molecule has 104 valence electrons. The van der Waals surface area contributed by atoms with Crippen LogP contribution >= 0.6 is 0 Å². The fraction of sp³-hybridized carbons (Fsp3) is 0.875. The summed E-state index contributed by atoms with van der Waals surface area (Å²) in [6.45, 7) is 10.9. The van der Waals surface area contributed by atoms with Gasteiger partial charge >= 0.3 is 5.97 Å². The van der Waals surface area contributed by atoms with Gasteiger partial charge in [0.15, 0.2) is 0 Å². The molecule has 0 aromatic rings. The first-order chi connectivity index (χ1) is 9.09. The standard InChI is InChI=1S/C16H23NO2/c1-4-16(19-10(2)18)9-11-7-15(16)13-6-5-12(17-3)8-14(11)13/h11-15H,4-9H2,1-2H3. The third kappa shape index (κ3) is 1.88. The molecule has 6 unspecified atom stereocenters. The molecule has 3 aliphatic rings. The molecule has 3 heteroatoms. The van der Waals surface area contributed by atoms with Crippen molar-refractivity contribution < 1.29 is 9.53 Å². The van der Waals surface area contributed by atoms with Gasteiger partial charge in [0.05, 0.1) is 0 Å². The smallest absolute Gasteiger partial charge is 0.303 e. The topological polar surface area (TPSA) is 30.7 Å². The van der Waals surface area contributed by atoms with Crippen molar-refractivity contribution in [1.29, 1.82) is 0 Å². The van der Waals surface area contributed by atoms with Crippen LogP contribution in [0.3, 0.4) is 0 Å². The summed E-state index contributed by atoms with van der Waals surface area (Å²) in [7, 11) is 0. The number of fused-ring (bicyclic) bond motifs is 5.